The van der Waals surface area contributed by atoms with Gasteiger partial charge in [-0.3, -0.25) is 4.79 Å². The molecule has 3 rings (SSSR count). The second kappa shape index (κ2) is 4.90. The Morgan fingerprint density at radius 1 is 1.26 bits per heavy atom. The van der Waals surface area contributed by atoms with Crippen LogP contribution in [0.4, 0.5) is 0 Å². The molecule has 98 valence electrons. The average molecular weight is 255 g/mol. The molecule has 0 saturated heterocycles. The van der Waals surface area contributed by atoms with E-state index >= 15 is 0 Å². The quantitative estimate of drug-likeness (QED) is 0.866. The Morgan fingerprint density at radius 3 is 2.68 bits per heavy atom. The predicted octanol–water partition coefficient (Wildman–Crippen LogP) is 1.37. The fraction of sp³-hybridized carbons (Fsp3) is 0.267. The first kappa shape index (κ1) is 12.0. The molecule has 4 nitrogen and oxygen atoms in total. The van der Waals surface area contributed by atoms with Gasteiger partial charge in [0, 0.05) is 24.8 Å². The normalized spacial score (nSPS) is 21.1. The number of carbonyl (C=O) groups is 1. The third-order valence-electron chi connectivity index (χ3n) is 3.41. The van der Waals surface area contributed by atoms with E-state index in [-0.39, 0.29) is 18.0 Å². The maximum absolute atomic E-state index is 12.1. The van der Waals surface area contributed by atoms with Crippen molar-refractivity contribution in [3.63, 3.8) is 0 Å². The van der Waals surface area contributed by atoms with Crippen LogP contribution in [0.3, 0.4) is 0 Å². The van der Waals surface area contributed by atoms with Crippen LogP contribution in [0.5, 0.6) is 0 Å². The van der Waals surface area contributed by atoms with Crippen LogP contribution < -0.4 is 11.1 Å². The van der Waals surface area contributed by atoms with Gasteiger partial charge in [-0.05, 0) is 24.1 Å². The lowest BCUT2D eigenvalue weighted by molar-refractivity contribution is 0.0941. The first-order valence-corrected chi connectivity index (χ1v) is 6.49. The van der Waals surface area contributed by atoms with Crippen molar-refractivity contribution in [3.05, 3.63) is 59.9 Å². The lowest BCUT2D eigenvalue weighted by Gasteiger charge is -2.09. The van der Waals surface area contributed by atoms with Gasteiger partial charge in [0.1, 0.15) is 5.69 Å². The van der Waals surface area contributed by atoms with Gasteiger partial charge in [0.25, 0.3) is 5.91 Å². The molecular weight excluding hydrogens is 238 g/mol. The van der Waals surface area contributed by atoms with Gasteiger partial charge < -0.3 is 15.6 Å². The highest BCUT2D eigenvalue weighted by molar-refractivity contribution is 5.93. The van der Waals surface area contributed by atoms with E-state index in [1.807, 2.05) is 41.1 Å². The van der Waals surface area contributed by atoms with Crippen LogP contribution in [-0.2, 0) is 6.54 Å². The highest BCUT2D eigenvalue weighted by Crippen LogP contribution is 2.18. The largest absolute Gasteiger partial charge is 0.346 e. The molecular formula is C15H17N3O. The second-order valence-corrected chi connectivity index (χ2v) is 4.99. The van der Waals surface area contributed by atoms with Crippen molar-refractivity contribution in [2.75, 3.05) is 0 Å². The van der Waals surface area contributed by atoms with Crippen LogP contribution in [0.25, 0.3) is 0 Å². The number of nitrogens with two attached hydrogens (primary N) is 1. The molecule has 2 unspecified atom stereocenters. The van der Waals surface area contributed by atoms with Crippen molar-refractivity contribution in [1.82, 2.24) is 9.88 Å². The van der Waals surface area contributed by atoms with Crippen LogP contribution in [0.15, 0.2) is 48.7 Å². The second-order valence-electron chi connectivity index (χ2n) is 4.99. The topological polar surface area (TPSA) is 60.0 Å². The Morgan fingerprint density at radius 2 is 2.00 bits per heavy atom. The molecule has 0 spiro atoms. The summed E-state index contributed by atoms with van der Waals surface area (Å²) >= 11 is 0. The molecule has 19 heavy (non-hydrogen) atoms. The summed E-state index contributed by atoms with van der Waals surface area (Å²) in [6.45, 7) is 0.702. The summed E-state index contributed by atoms with van der Waals surface area (Å²) in [5.74, 6) is -0.0427. The Kier molecular flexibility index (Phi) is 3.09. The Labute approximate surface area is 112 Å². The van der Waals surface area contributed by atoms with Crippen LogP contribution in [-0.4, -0.2) is 22.6 Å². The molecule has 0 aliphatic heterocycles. The van der Waals surface area contributed by atoms with Crippen LogP contribution in [0.2, 0.25) is 0 Å². The minimum Gasteiger partial charge on any atom is -0.346 e. The Bertz CT molecular complexity index is 576. The minimum absolute atomic E-state index is 0.0427. The van der Waals surface area contributed by atoms with Crippen molar-refractivity contribution < 1.29 is 4.79 Å². The number of aromatic nitrogens is 1. The Hall–Kier alpha value is -2.07. The fourth-order valence-electron chi connectivity index (χ4n) is 2.16. The molecule has 1 fully saturated rings. The lowest BCUT2D eigenvalue weighted by Crippen LogP contribution is -2.31. The summed E-state index contributed by atoms with van der Waals surface area (Å²) in [4.78, 5) is 12.1. The summed E-state index contributed by atoms with van der Waals surface area (Å²) in [6.07, 6.45) is 2.81. The van der Waals surface area contributed by atoms with Crippen molar-refractivity contribution in [3.8, 4) is 0 Å². The molecule has 3 N–H and O–H groups in total. The van der Waals surface area contributed by atoms with Gasteiger partial charge >= 0.3 is 0 Å². The van der Waals surface area contributed by atoms with Crippen molar-refractivity contribution in [2.24, 2.45) is 5.73 Å². The van der Waals surface area contributed by atoms with Crippen molar-refractivity contribution in [2.45, 2.75) is 25.0 Å². The number of nitrogens with one attached hydrogen (secondary N) is 1. The van der Waals surface area contributed by atoms with Crippen molar-refractivity contribution in [1.29, 1.82) is 0 Å². The van der Waals surface area contributed by atoms with E-state index in [1.165, 1.54) is 5.56 Å². The van der Waals surface area contributed by atoms with E-state index in [9.17, 15) is 4.79 Å². The van der Waals surface area contributed by atoms with Gasteiger partial charge in [-0.15, -0.1) is 0 Å². The molecule has 1 saturated carbocycles. The third kappa shape index (κ3) is 2.69. The standard InChI is InChI=1S/C15H17N3O/c16-12-9-13(12)17-15(19)14-7-4-8-18(14)10-11-5-2-1-3-6-11/h1-8,12-13H,9-10,16H2,(H,17,19). The van der Waals surface area contributed by atoms with E-state index in [2.05, 4.69) is 17.4 Å². The third-order valence-corrected chi connectivity index (χ3v) is 3.41. The minimum atomic E-state index is -0.0427. The summed E-state index contributed by atoms with van der Waals surface area (Å²) in [5, 5.41) is 2.95. The molecule has 0 radical (unpaired) electrons. The molecule has 4 heteroatoms. The van der Waals surface area contributed by atoms with Gasteiger partial charge in [-0.25, -0.2) is 0 Å². The van der Waals surface area contributed by atoms with Crippen LogP contribution in [0, 0.1) is 0 Å². The SMILES string of the molecule is NC1CC1NC(=O)c1cccn1Cc1ccccc1. The molecule has 1 amide bonds. The van der Waals surface area contributed by atoms with Gasteiger partial charge in [-0.1, -0.05) is 30.3 Å². The van der Waals surface area contributed by atoms with E-state index in [0.29, 0.717) is 12.2 Å². The summed E-state index contributed by atoms with van der Waals surface area (Å²) in [5.41, 5.74) is 7.57. The zero-order valence-corrected chi connectivity index (χ0v) is 10.6. The number of hydrogen-bond acceptors (Lipinski definition) is 2. The average Bonchev–Trinajstić information content (AvgIpc) is 2.91. The summed E-state index contributed by atoms with van der Waals surface area (Å²) in [7, 11) is 0. The summed E-state index contributed by atoms with van der Waals surface area (Å²) in [6, 6.07) is 14.1. The number of benzene rings is 1. The van der Waals surface area contributed by atoms with Gasteiger partial charge in [0.15, 0.2) is 0 Å². The summed E-state index contributed by atoms with van der Waals surface area (Å²) < 4.78 is 1.96. The number of hydrogen-bond donors (Lipinski definition) is 2. The van der Waals surface area contributed by atoms with Crippen LogP contribution >= 0.6 is 0 Å². The smallest absolute Gasteiger partial charge is 0.268 e. The highest BCUT2D eigenvalue weighted by Gasteiger charge is 2.35. The monoisotopic (exact) mass is 255 g/mol. The van der Waals surface area contributed by atoms with E-state index in [4.69, 9.17) is 5.73 Å². The maximum atomic E-state index is 12.1. The fourth-order valence-corrected chi connectivity index (χ4v) is 2.16. The molecule has 1 aliphatic rings. The highest BCUT2D eigenvalue weighted by atomic mass is 16.2. The van der Waals surface area contributed by atoms with Crippen molar-refractivity contribution >= 4 is 5.91 Å². The maximum Gasteiger partial charge on any atom is 0.268 e. The number of carbonyl (C=O) groups excluding carboxylic acids is 1. The number of amides is 1. The Balaban J connectivity index is 1.73. The molecule has 2 atom stereocenters. The van der Waals surface area contributed by atoms with E-state index in [1.54, 1.807) is 0 Å². The first-order chi connectivity index (χ1) is 9.24. The number of rotatable bonds is 4. The number of nitrogens with zero attached hydrogens (tertiary/aromatic N) is 1. The molecule has 0 bridgehead atoms. The predicted molar refractivity (Wildman–Crippen MR) is 73.8 cm³/mol. The molecule has 1 aliphatic carbocycles. The molecule has 1 aromatic carbocycles. The van der Waals surface area contributed by atoms with Crippen LogP contribution in [0.1, 0.15) is 22.5 Å². The first-order valence-electron chi connectivity index (χ1n) is 6.49. The molecule has 2 aromatic rings. The van der Waals surface area contributed by atoms with Gasteiger partial charge in [-0.2, -0.15) is 0 Å². The molecule has 1 aromatic heterocycles. The molecule has 1 heterocycles. The van der Waals surface area contributed by atoms with Gasteiger partial charge in [0.2, 0.25) is 0 Å². The van der Waals surface area contributed by atoms with Gasteiger partial charge in [0.05, 0.1) is 0 Å². The lowest BCUT2D eigenvalue weighted by atomic mass is 10.2. The zero-order chi connectivity index (χ0) is 13.2. The van der Waals surface area contributed by atoms with E-state index in [0.717, 1.165) is 6.42 Å². The zero-order valence-electron chi connectivity index (χ0n) is 10.6. The van der Waals surface area contributed by atoms with E-state index < -0.39 is 0 Å².